The van der Waals surface area contributed by atoms with Crippen molar-refractivity contribution in [3.05, 3.63) is 18.5 Å². The summed E-state index contributed by atoms with van der Waals surface area (Å²) in [5.74, 6) is 0. The quantitative estimate of drug-likeness (QED) is 0.565. The van der Waals surface area contributed by atoms with E-state index in [0.29, 0.717) is 6.54 Å². The van der Waals surface area contributed by atoms with Gasteiger partial charge in [0.15, 0.2) is 0 Å². The number of aromatic nitrogens is 2. The van der Waals surface area contributed by atoms with Gasteiger partial charge in [-0.25, -0.2) is 0 Å². The van der Waals surface area contributed by atoms with Gasteiger partial charge in [0, 0.05) is 12.7 Å². The van der Waals surface area contributed by atoms with Crippen LogP contribution in [0, 0.1) is 6.20 Å². The summed E-state index contributed by atoms with van der Waals surface area (Å²) in [5.41, 5.74) is 5.24. The Labute approximate surface area is 48.1 Å². The van der Waals surface area contributed by atoms with Crippen molar-refractivity contribution >= 4 is 0 Å². The second-order valence-electron chi connectivity index (χ2n) is 1.47. The van der Waals surface area contributed by atoms with Crippen molar-refractivity contribution in [2.24, 2.45) is 5.73 Å². The van der Waals surface area contributed by atoms with E-state index in [4.69, 9.17) is 5.73 Å². The predicted octanol–water partition coefficient (Wildman–Crippen LogP) is -0.358. The van der Waals surface area contributed by atoms with E-state index in [1.54, 1.807) is 16.9 Å². The van der Waals surface area contributed by atoms with E-state index in [1.807, 2.05) is 0 Å². The monoisotopic (exact) mass is 110 g/mol. The van der Waals surface area contributed by atoms with Gasteiger partial charge in [-0.15, -0.1) is 0 Å². The SMILES string of the molecule is NCCn1[c]ccn1. The third-order valence-corrected chi connectivity index (χ3v) is 0.845. The minimum atomic E-state index is 0.623. The Hall–Kier alpha value is -0.830. The predicted molar refractivity (Wildman–Crippen MR) is 30.1 cm³/mol. The lowest BCUT2D eigenvalue weighted by Crippen LogP contribution is -2.09. The van der Waals surface area contributed by atoms with Crippen LogP contribution < -0.4 is 5.73 Å². The first-order chi connectivity index (χ1) is 3.93. The van der Waals surface area contributed by atoms with Crippen molar-refractivity contribution in [2.75, 3.05) is 6.54 Å². The van der Waals surface area contributed by atoms with Gasteiger partial charge < -0.3 is 5.73 Å². The maximum atomic E-state index is 5.24. The summed E-state index contributed by atoms with van der Waals surface area (Å²) in [6, 6.07) is 1.76. The second-order valence-corrected chi connectivity index (χ2v) is 1.47. The van der Waals surface area contributed by atoms with E-state index in [2.05, 4.69) is 11.3 Å². The molecule has 0 saturated carbocycles. The Morgan fingerprint density at radius 2 is 2.62 bits per heavy atom. The summed E-state index contributed by atoms with van der Waals surface area (Å²) >= 11 is 0. The standard InChI is InChI=1S/C5H8N3/c6-2-5-8-4-1-3-7-8/h1,3H,2,5-6H2. The van der Waals surface area contributed by atoms with Gasteiger partial charge in [0.05, 0.1) is 12.7 Å². The molecule has 0 aliphatic rings. The van der Waals surface area contributed by atoms with E-state index in [9.17, 15) is 0 Å². The van der Waals surface area contributed by atoms with Crippen LogP contribution in [0.5, 0.6) is 0 Å². The molecule has 0 aliphatic carbocycles. The Balaban J connectivity index is 2.50. The third-order valence-electron chi connectivity index (χ3n) is 0.845. The van der Waals surface area contributed by atoms with Crippen LogP contribution in [-0.4, -0.2) is 16.3 Å². The summed E-state index contributed by atoms with van der Waals surface area (Å²) in [7, 11) is 0. The topological polar surface area (TPSA) is 43.8 Å². The highest BCUT2D eigenvalue weighted by atomic mass is 15.3. The van der Waals surface area contributed by atoms with Crippen LogP contribution in [0.3, 0.4) is 0 Å². The Morgan fingerprint density at radius 3 is 3.12 bits per heavy atom. The van der Waals surface area contributed by atoms with Crippen LogP contribution in [0.15, 0.2) is 12.3 Å². The van der Waals surface area contributed by atoms with Crippen LogP contribution in [0.4, 0.5) is 0 Å². The highest BCUT2D eigenvalue weighted by Gasteiger charge is 1.83. The molecule has 8 heavy (non-hydrogen) atoms. The van der Waals surface area contributed by atoms with Gasteiger partial charge in [0.25, 0.3) is 0 Å². The fourth-order valence-electron chi connectivity index (χ4n) is 0.511. The van der Waals surface area contributed by atoms with Crippen molar-refractivity contribution in [2.45, 2.75) is 6.54 Å². The normalized spacial score (nSPS) is 9.62. The van der Waals surface area contributed by atoms with Gasteiger partial charge in [-0.3, -0.25) is 4.68 Å². The molecule has 0 fully saturated rings. The van der Waals surface area contributed by atoms with Crippen LogP contribution in [-0.2, 0) is 6.54 Å². The van der Waals surface area contributed by atoms with Gasteiger partial charge in [-0.2, -0.15) is 5.10 Å². The second kappa shape index (κ2) is 2.47. The number of nitrogens with two attached hydrogens (primary N) is 1. The van der Waals surface area contributed by atoms with Crippen molar-refractivity contribution < 1.29 is 0 Å². The first-order valence-corrected chi connectivity index (χ1v) is 2.53. The number of hydrogen-bond acceptors (Lipinski definition) is 2. The van der Waals surface area contributed by atoms with E-state index in [0.717, 1.165) is 6.54 Å². The molecule has 0 saturated heterocycles. The zero-order valence-corrected chi connectivity index (χ0v) is 4.54. The molecule has 0 amide bonds. The Morgan fingerprint density at radius 1 is 1.75 bits per heavy atom. The lowest BCUT2D eigenvalue weighted by molar-refractivity contribution is 0.621. The molecular weight excluding hydrogens is 102 g/mol. The lowest BCUT2D eigenvalue weighted by atomic mass is 10.6. The maximum Gasteiger partial charge on any atom is 0.0863 e. The minimum absolute atomic E-state index is 0.623. The highest BCUT2D eigenvalue weighted by Crippen LogP contribution is 1.78. The molecule has 0 spiro atoms. The zero-order valence-electron chi connectivity index (χ0n) is 4.54. The van der Waals surface area contributed by atoms with Crippen molar-refractivity contribution in [3.63, 3.8) is 0 Å². The third kappa shape index (κ3) is 1.07. The first kappa shape index (κ1) is 5.31. The molecule has 0 aliphatic heterocycles. The maximum absolute atomic E-state index is 5.24. The molecule has 3 nitrogen and oxygen atoms in total. The van der Waals surface area contributed by atoms with E-state index in [1.165, 1.54) is 0 Å². The van der Waals surface area contributed by atoms with Crippen LogP contribution >= 0.6 is 0 Å². The van der Waals surface area contributed by atoms with E-state index >= 15 is 0 Å². The Kier molecular flexibility index (Phi) is 1.64. The molecule has 43 valence electrons. The molecule has 2 N–H and O–H groups in total. The van der Waals surface area contributed by atoms with Crippen LogP contribution in [0.2, 0.25) is 0 Å². The summed E-state index contributed by atoms with van der Waals surface area (Å²) in [5, 5.41) is 3.89. The highest BCUT2D eigenvalue weighted by molar-refractivity contribution is 4.74. The molecule has 1 aromatic rings. The van der Waals surface area contributed by atoms with E-state index in [-0.39, 0.29) is 0 Å². The summed E-state index contributed by atoms with van der Waals surface area (Å²) in [6.07, 6.45) is 4.55. The molecule has 0 aromatic carbocycles. The molecule has 1 aromatic heterocycles. The molecule has 0 unspecified atom stereocenters. The molecule has 1 rings (SSSR count). The molecule has 3 heteroatoms. The fourth-order valence-corrected chi connectivity index (χ4v) is 0.511. The average molecular weight is 110 g/mol. The largest absolute Gasteiger partial charge is 0.329 e. The summed E-state index contributed by atoms with van der Waals surface area (Å²) in [4.78, 5) is 0. The average Bonchev–Trinajstić information content (AvgIpc) is 2.19. The van der Waals surface area contributed by atoms with Crippen LogP contribution in [0.25, 0.3) is 0 Å². The Bertz CT molecular complexity index is 133. The minimum Gasteiger partial charge on any atom is -0.329 e. The van der Waals surface area contributed by atoms with E-state index < -0.39 is 0 Å². The number of rotatable bonds is 2. The molecule has 1 heterocycles. The molecule has 1 radical (unpaired) electrons. The van der Waals surface area contributed by atoms with Gasteiger partial charge in [0.2, 0.25) is 0 Å². The molecule has 0 bridgehead atoms. The smallest absolute Gasteiger partial charge is 0.0863 e. The van der Waals surface area contributed by atoms with Gasteiger partial charge in [-0.05, 0) is 6.07 Å². The number of nitrogens with zero attached hydrogens (tertiary/aromatic N) is 2. The van der Waals surface area contributed by atoms with Gasteiger partial charge >= 0.3 is 0 Å². The number of hydrogen-bond donors (Lipinski definition) is 1. The van der Waals surface area contributed by atoms with Gasteiger partial charge in [0.1, 0.15) is 0 Å². The molecule has 0 atom stereocenters. The molecular formula is C5H8N3. The fraction of sp³-hybridized carbons (Fsp3) is 0.400. The zero-order chi connectivity index (χ0) is 5.82. The summed E-state index contributed by atoms with van der Waals surface area (Å²) in [6.45, 7) is 1.38. The van der Waals surface area contributed by atoms with Crippen molar-refractivity contribution in [3.8, 4) is 0 Å². The lowest BCUT2D eigenvalue weighted by Gasteiger charge is -1.92. The van der Waals surface area contributed by atoms with Gasteiger partial charge in [-0.1, -0.05) is 0 Å². The van der Waals surface area contributed by atoms with Crippen LogP contribution in [0.1, 0.15) is 0 Å². The van der Waals surface area contributed by atoms with Crippen molar-refractivity contribution in [1.82, 2.24) is 9.78 Å². The first-order valence-electron chi connectivity index (χ1n) is 2.53. The summed E-state index contributed by atoms with van der Waals surface area (Å²) < 4.78 is 1.68. The van der Waals surface area contributed by atoms with Crippen molar-refractivity contribution in [1.29, 1.82) is 0 Å².